The van der Waals surface area contributed by atoms with Gasteiger partial charge in [-0.2, -0.15) is 0 Å². The number of hydrogen-bond donors (Lipinski definition) is 2. The first-order valence-corrected chi connectivity index (χ1v) is 6.69. The number of halogens is 1. The third-order valence-electron chi connectivity index (χ3n) is 3.28. The Hall–Kier alpha value is -1.50. The monoisotopic (exact) mass is 277 g/mol. The van der Waals surface area contributed by atoms with Gasteiger partial charge in [0.25, 0.3) is 0 Å². The van der Waals surface area contributed by atoms with E-state index < -0.39 is 0 Å². The molecule has 0 spiro atoms. The minimum atomic E-state index is -0.191. The predicted molar refractivity (Wildman–Crippen MR) is 75.9 cm³/mol. The quantitative estimate of drug-likeness (QED) is 0.835. The van der Waals surface area contributed by atoms with Crippen LogP contribution < -0.4 is 5.32 Å². The Bertz CT molecular complexity index is 541. The molecule has 0 aliphatic heterocycles. The number of amides is 1. The Morgan fingerprint density at radius 3 is 2.95 bits per heavy atom. The first kappa shape index (κ1) is 13.9. The lowest BCUT2D eigenvalue weighted by Gasteiger charge is -2.12. The summed E-state index contributed by atoms with van der Waals surface area (Å²) < 4.78 is 0. The molecule has 2 rings (SSSR count). The van der Waals surface area contributed by atoms with Gasteiger partial charge in [-0.15, -0.1) is 0 Å². The third-order valence-corrected chi connectivity index (χ3v) is 3.61. The molecule has 100 valence electrons. The van der Waals surface area contributed by atoms with E-state index in [1.165, 1.54) is 0 Å². The number of aliphatic hydroxyl groups is 1. The van der Waals surface area contributed by atoms with E-state index >= 15 is 0 Å². The van der Waals surface area contributed by atoms with E-state index in [1.807, 2.05) is 6.92 Å². The van der Waals surface area contributed by atoms with E-state index in [2.05, 4.69) is 17.2 Å². The fourth-order valence-corrected chi connectivity index (χ4v) is 2.06. The number of rotatable bonds is 3. The molecule has 1 unspecified atom stereocenters. The Balaban J connectivity index is 2.11. The molecule has 0 radical (unpaired) electrons. The van der Waals surface area contributed by atoms with Crippen molar-refractivity contribution in [3.63, 3.8) is 0 Å². The number of anilines is 1. The zero-order valence-corrected chi connectivity index (χ0v) is 11.5. The average molecular weight is 278 g/mol. The van der Waals surface area contributed by atoms with E-state index in [-0.39, 0.29) is 18.4 Å². The second kappa shape index (κ2) is 6.10. The summed E-state index contributed by atoms with van der Waals surface area (Å²) in [7, 11) is 0. The summed E-state index contributed by atoms with van der Waals surface area (Å²) in [5, 5.41) is 12.0. The molecule has 4 heteroatoms. The number of hydrogen-bond acceptors (Lipinski definition) is 2. The number of benzene rings is 1. The molecule has 1 atom stereocenters. The zero-order chi connectivity index (χ0) is 13.8. The van der Waals surface area contributed by atoms with Gasteiger partial charge in [0.05, 0.1) is 10.7 Å². The van der Waals surface area contributed by atoms with E-state index in [0.29, 0.717) is 22.2 Å². The molecule has 0 heterocycles. The molecule has 1 aliphatic rings. The second-order valence-corrected chi connectivity index (χ2v) is 5.18. The van der Waals surface area contributed by atoms with Crippen LogP contribution in [0.25, 0.3) is 0 Å². The number of carbonyl (C=O) groups is 1. The summed E-state index contributed by atoms with van der Waals surface area (Å²) in [6.07, 6.45) is 2.26. The molecule has 1 aromatic carbocycles. The summed E-state index contributed by atoms with van der Waals surface area (Å²) >= 11 is 6.06. The normalized spacial score (nSPS) is 15.3. The van der Waals surface area contributed by atoms with Gasteiger partial charge in [-0.05, 0) is 37.0 Å². The smallest absolute Gasteiger partial charge is 0.227 e. The molecule has 1 amide bonds. The van der Waals surface area contributed by atoms with Crippen LogP contribution in [0.5, 0.6) is 0 Å². The number of nitrogens with one attached hydrogen (secondary N) is 1. The molecular formula is C15H16ClNO2. The lowest BCUT2D eigenvalue weighted by atomic mass is 10.1. The maximum atomic E-state index is 12.0. The average Bonchev–Trinajstić information content (AvgIpc) is 3.23. The summed E-state index contributed by atoms with van der Waals surface area (Å²) in [4.78, 5) is 12.0. The van der Waals surface area contributed by atoms with Crippen LogP contribution in [0, 0.1) is 23.7 Å². The first-order valence-electron chi connectivity index (χ1n) is 6.32. The Kier molecular flexibility index (Phi) is 4.47. The molecule has 1 aliphatic carbocycles. The van der Waals surface area contributed by atoms with Crippen molar-refractivity contribution in [2.24, 2.45) is 11.8 Å². The van der Waals surface area contributed by atoms with Crippen LogP contribution in [0.15, 0.2) is 18.2 Å². The highest BCUT2D eigenvalue weighted by Gasteiger charge is 2.32. The highest BCUT2D eigenvalue weighted by molar-refractivity contribution is 6.33. The number of aliphatic hydroxyl groups excluding tert-OH is 1. The van der Waals surface area contributed by atoms with Gasteiger partial charge in [-0.3, -0.25) is 4.79 Å². The van der Waals surface area contributed by atoms with Crippen molar-refractivity contribution in [3.05, 3.63) is 28.8 Å². The topological polar surface area (TPSA) is 49.3 Å². The van der Waals surface area contributed by atoms with E-state index in [9.17, 15) is 4.79 Å². The predicted octanol–water partition coefficient (Wildman–Crippen LogP) is 2.67. The summed E-state index contributed by atoms with van der Waals surface area (Å²) in [5.74, 6) is 5.88. The van der Waals surface area contributed by atoms with E-state index in [4.69, 9.17) is 16.7 Å². The van der Waals surface area contributed by atoms with Crippen LogP contribution in [-0.4, -0.2) is 17.6 Å². The van der Waals surface area contributed by atoms with Gasteiger partial charge >= 0.3 is 0 Å². The van der Waals surface area contributed by atoms with Gasteiger partial charge in [0.1, 0.15) is 6.61 Å². The van der Waals surface area contributed by atoms with Crippen molar-refractivity contribution in [2.75, 3.05) is 11.9 Å². The molecule has 3 nitrogen and oxygen atoms in total. The molecule has 1 saturated carbocycles. The molecule has 19 heavy (non-hydrogen) atoms. The van der Waals surface area contributed by atoms with Crippen LogP contribution in [-0.2, 0) is 4.79 Å². The summed E-state index contributed by atoms with van der Waals surface area (Å²) in [6.45, 7) is 1.75. The van der Waals surface area contributed by atoms with Gasteiger partial charge in [-0.25, -0.2) is 0 Å². The van der Waals surface area contributed by atoms with Crippen LogP contribution in [0.3, 0.4) is 0 Å². The van der Waals surface area contributed by atoms with Gasteiger partial charge in [0.15, 0.2) is 0 Å². The van der Waals surface area contributed by atoms with Gasteiger partial charge in [0, 0.05) is 11.5 Å². The van der Waals surface area contributed by atoms with E-state index in [1.54, 1.807) is 18.2 Å². The molecule has 1 fully saturated rings. The second-order valence-electron chi connectivity index (χ2n) is 4.77. The van der Waals surface area contributed by atoms with Crippen molar-refractivity contribution >= 4 is 23.2 Å². The third kappa shape index (κ3) is 3.73. The Labute approximate surface area is 118 Å². The molecule has 0 saturated heterocycles. The van der Waals surface area contributed by atoms with Crippen molar-refractivity contribution in [2.45, 2.75) is 19.8 Å². The fourth-order valence-electron chi connectivity index (χ4n) is 1.90. The van der Waals surface area contributed by atoms with Crippen LogP contribution in [0.2, 0.25) is 5.02 Å². The standard InChI is InChI=1S/C15H16ClNO2/c1-10(12-5-6-12)15(19)17-14-9-11(3-2-8-18)4-7-13(14)16/h4,7,9-10,12,18H,5-6,8H2,1H3,(H,17,19). The van der Waals surface area contributed by atoms with Crippen LogP contribution >= 0.6 is 11.6 Å². The maximum Gasteiger partial charge on any atom is 0.227 e. The van der Waals surface area contributed by atoms with Gasteiger partial charge in [0.2, 0.25) is 5.91 Å². The highest BCUT2D eigenvalue weighted by atomic mass is 35.5. The lowest BCUT2D eigenvalue weighted by molar-refractivity contribution is -0.119. The van der Waals surface area contributed by atoms with Crippen LogP contribution in [0.1, 0.15) is 25.3 Å². The Morgan fingerprint density at radius 1 is 1.58 bits per heavy atom. The minimum Gasteiger partial charge on any atom is -0.384 e. The van der Waals surface area contributed by atoms with Crippen molar-refractivity contribution in [1.29, 1.82) is 0 Å². The van der Waals surface area contributed by atoms with Crippen LogP contribution in [0.4, 0.5) is 5.69 Å². The highest BCUT2D eigenvalue weighted by Crippen LogP contribution is 2.37. The fraction of sp³-hybridized carbons (Fsp3) is 0.400. The van der Waals surface area contributed by atoms with Gasteiger partial charge in [-0.1, -0.05) is 30.4 Å². The number of carbonyl (C=O) groups excluding carboxylic acids is 1. The summed E-state index contributed by atoms with van der Waals surface area (Å²) in [5.41, 5.74) is 1.29. The zero-order valence-electron chi connectivity index (χ0n) is 10.7. The first-order chi connectivity index (χ1) is 9.11. The SMILES string of the molecule is CC(C(=O)Nc1cc(C#CCO)ccc1Cl)C1CC1. The van der Waals surface area contributed by atoms with Crippen molar-refractivity contribution < 1.29 is 9.90 Å². The summed E-state index contributed by atoms with van der Waals surface area (Å²) in [6, 6.07) is 5.17. The van der Waals surface area contributed by atoms with Crippen molar-refractivity contribution in [1.82, 2.24) is 0 Å². The molecule has 0 bridgehead atoms. The molecular weight excluding hydrogens is 262 g/mol. The largest absolute Gasteiger partial charge is 0.384 e. The molecule has 2 N–H and O–H groups in total. The molecule has 0 aromatic heterocycles. The van der Waals surface area contributed by atoms with Crippen molar-refractivity contribution in [3.8, 4) is 11.8 Å². The molecule has 1 aromatic rings. The van der Waals surface area contributed by atoms with E-state index in [0.717, 1.165) is 12.8 Å². The van der Waals surface area contributed by atoms with Gasteiger partial charge < -0.3 is 10.4 Å². The maximum absolute atomic E-state index is 12.0. The minimum absolute atomic E-state index is 0.00309. The lowest BCUT2D eigenvalue weighted by Crippen LogP contribution is -2.22. The Morgan fingerprint density at radius 2 is 2.32 bits per heavy atom.